The molecular formula is C14H26N2O4. The SMILES string of the molecule is CCN(CCO)C(=O)N1CCCC(C(C)CC(=O)O)C1. The van der Waals surface area contributed by atoms with Crippen LogP contribution in [0.1, 0.15) is 33.1 Å². The van der Waals surface area contributed by atoms with Crippen LogP contribution in [-0.2, 0) is 4.79 Å². The second-order valence-corrected chi connectivity index (χ2v) is 5.51. The van der Waals surface area contributed by atoms with Crippen molar-refractivity contribution in [3.63, 3.8) is 0 Å². The molecule has 0 aromatic heterocycles. The fourth-order valence-electron chi connectivity index (χ4n) is 2.80. The summed E-state index contributed by atoms with van der Waals surface area (Å²) < 4.78 is 0. The first-order valence-electron chi connectivity index (χ1n) is 7.36. The largest absolute Gasteiger partial charge is 0.481 e. The molecule has 6 nitrogen and oxygen atoms in total. The van der Waals surface area contributed by atoms with Crippen molar-refractivity contribution in [1.82, 2.24) is 9.80 Å². The number of hydrogen-bond acceptors (Lipinski definition) is 3. The van der Waals surface area contributed by atoms with Gasteiger partial charge in [0.25, 0.3) is 0 Å². The van der Waals surface area contributed by atoms with Crippen LogP contribution in [0.15, 0.2) is 0 Å². The fraction of sp³-hybridized carbons (Fsp3) is 0.857. The van der Waals surface area contributed by atoms with Gasteiger partial charge in [0.05, 0.1) is 6.61 Å². The highest BCUT2D eigenvalue weighted by Crippen LogP contribution is 2.26. The fourth-order valence-corrected chi connectivity index (χ4v) is 2.80. The van der Waals surface area contributed by atoms with E-state index in [1.807, 2.05) is 13.8 Å². The highest BCUT2D eigenvalue weighted by molar-refractivity contribution is 5.74. The number of carboxylic acids is 1. The molecule has 0 spiro atoms. The third-order valence-electron chi connectivity index (χ3n) is 4.05. The lowest BCUT2D eigenvalue weighted by Gasteiger charge is -2.38. The first kappa shape index (κ1) is 16.8. The maximum atomic E-state index is 12.3. The van der Waals surface area contributed by atoms with E-state index in [2.05, 4.69) is 0 Å². The number of amides is 2. The molecule has 116 valence electrons. The first-order chi connectivity index (χ1) is 9.49. The number of hydrogen-bond donors (Lipinski definition) is 2. The predicted molar refractivity (Wildman–Crippen MR) is 75.4 cm³/mol. The van der Waals surface area contributed by atoms with Gasteiger partial charge < -0.3 is 20.0 Å². The molecule has 0 aliphatic carbocycles. The number of carboxylic acid groups (broad SMARTS) is 1. The average molecular weight is 286 g/mol. The van der Waals surface area contributed by atoms with Gasteiger partial charge in [-0.15, -0.1) is 0 Å². The Hall–Kier alpha value is -1.30. The molecule has 2 N–H and O–H groups in total. The number of piperidine rings is 1. The molecule has 1 aliphatic heterocycles. The smallest absolute Gasteiger partial charge is 0.320 e. The van der Waals surface area contributed by atoms with E-state index >= 15 is 0 Å². The van der Waals surface area contributed by atoms with Crippen molar-refractivity contribution in [3.05, 3.63) is 0 Å². The summed E-state index contributed by atoms with van der Waals surface area (Å²) in [7, 11) is 0. The molecule has 0 aromatic carbocycles. The summed E-state index contributed by atoms with van der Waals surface area (Å²) in [6.07, 6.45) is 2.04. The number of rotatable bonds is 6. The van der Waals surface area contributed by atoms with Crippen LogP contribution in [0, 0.1) is 11.8 Å². The number of aliphatic hydroxyl groups excluding tert-OH is 1. The summed E-state index contributed by atoms with van der Waals surface area (Å²) in [6.45, 7) is 6.06. The Balaban J connectivity index is 2.59. The number of carbonyl (C=O) groups is 2. The minimum absolute atomic E-state index is 0.0355. The zero-order valence-electron chi connectivity index (χ0n) is 12.4. The van der Waals surface area contributed by atoms with Crippen LogP contribution >= 0.6 is 0 Å². The predicted octanol–water partition coefficient (Wildman–Crippen LogP) is 1.24. The van der Waals surface area contributed by atoms with Gasteiger partial charge in [0, 0.05) is 32.6 Å². The maximum Gasteiger partial charge on any atom is 0.320 e. The molecule has 1 fully saturated rings. The van der Waals surface area contributed by atoms with Crippen LogP contribution in [-0.4, -0.2) is 64.8 Å². The van der Waals surface area contributed by atoms with Gasteiger partial charge in [-0.05, 0) is 31.6 Å². The molecule has 2 amide bonds. The van der Waals surface area contributed by atoms with Crippen LogP contribution in [0.5, 0.6) is 0 Å². The summed E-state index contributed by atoms with van der Waals surface area (Å²) in [5.74, 6) is -0.455. The quantitative estimate of drug-likeness (QED) is 0.770. The molecule has 0 radical (unpaired) electrons. The second-order valence-electron chi connectivity index (χ2n) is 5.51. The summed E-state index contributed by atoms with van der Waals surface area (Å²) in [5.41, 5.74) is 0. The molecule has 2 unspecified atom stereocenters. The number of carbonyl (C=O) groups excluding carboxylic acids is 1. The highest BCUT2D eigenvalue weighted by atomic mass is 16.4. The van der Waals surface area contributed by atoms with Gasteiger partial charge in [-0.25, -0.2) is 4.79 Å². The van der Waals surface area contributed by atoms with Crippen molar-refractivity contribution in [3.8, 4) is 0 Å². The van der Waals surface area contributed by atoms with Crippen molar-refractivity contribution in [2.75, 3.05) is 32.8 Å². The molecule has 1 aliphatic rings. The third-order valence-corrected chi connectivity index (χ3v) is 4.05. The number of aliphatic carboxylic acids is 1. The van der Waals surface area contributed by atoms with Crippen molar-refractivity contribution in [2.24, 2.45) is 11.8 Å². The molecular weight excluding hydrogens is 260 g/mol. The lowest BCUT2D eigenvalue weighted by Crippen LogP contribution is -2.49. The van der Waals surface area contributed by atoms with Crippen LogP contribution in [0.2, 0.25) is 0 Å². The van der Waals surface area contributed by atoms with E-state index in [0.717, 1.165) is 19.4 Å². The van der Waals surface area contributed by atoms with Crippen molar-refractivity contribution < 1.29 is 19.8 Å². The van der Waals surface area contributed by atoms with Crippen molar-refractivity contribution >= 4 is 12.0 Å². The molecule has 1 heterocycles. The maximum absolute atomic E-state index is 12.3. The van der Waals surface area contributed by atoms with E-state index in [9.17, 15) is 9.59 Å². The van der Waals surface area contributed by atoms with Crippen LogP contribution in [0.4, 0.5) is 4.79 Å². The van der Waals surface area contributed by atoms with Gasteiger partial charge in [0.15, 0.2) is 0 Å². The summed E-state index contributed by atoms with van der Waals surface area (Å²) >= 11 is 0. The molecule has 6 heteroatoms. The number of nitrogens with zero attached hydrogens (tertiary/aromatic N) is 2. The zero-order chi connectivity index (χ0) is 15.1. The Morgan fingerprint density at radius 2 is 2.15 bits per heavy atom. The van der Waals surface area contributed by atoms with Crippen LogP contribution < -0.4 is 0 Å². The van der Waals surface area contributed by atoms with Crippen LogP contribution in [0.3, 0.4) is 0 Å². The number of likely N-dealkylation sites (N-methyl/N-ethyl adjacent to an activating group) is 1. The molecule has 0 bridgehead atoms. The molecule has 1 saturated heterocycles. The normalized spacial score (nSPS) is 20.6. The molecule has 0 aromatic rings. The Labute approximate surface area is 120 Å². The highest BCUT2D eigenvalue weighted by Gasteiger charge is 2.29. The van der Waals surface area contributed by atoms with Crippen LogP contribution in [0.25, 0.3) is 0 Å². The molecule has 0 saturated carbocycles. The van der Waals surface area contributed by atoms with Gasteiger partial charge in [0.2, 0.25) is 0 Å². The van der Waals surface area contributed by atoms with Gasteiger partial charge in [-0.2, -0.15) is 0 Å². The minimum Gasteiger partial charge on any atom is -0.481 e. The van der Waals surface area contributed by atoms with Gasteiger partial charge >= 0.3 is 12.0 Å². The Morgan fingerprint density at radius 1 is 1.45 bits per heavy atom. The molecule has 20 heavy (non-hydrogen) atoms. The number of likely N-dealkylation sites (tertiary alicyclic amines) is 1. The Morgan fingerprint density at radius 3 is 2.70 bits per heavy atom. The lowest BCUT2D eigenvalue weighted by atomic mass is 9.85. The average Bonchev–Trinajstić information content (AvgIpc) is 2.43. The van der Waals surface area contributed by atoms with Gasteiger partial charge in [-0.1, -0.05) is 6.92 Å². The van der Waals surface area contributed by atoms with Crippen molar-refractivity contribution in [2.45, 2.75) is 33.1 Å². The Kier molecular flexibility index (Phi) is 6.78. The number of urea groups is 1. The molecule has 2 atom stereocenters. The first-order valence-corrected chi connectivity index (χ1v) is 7.36. The Bertz CT molecular complexity index is 335. The topological polar surface area (TPSA) is 81.1 Å². The second kappa shape index (κ2) is 8.09. The summed E-state index contributed by atoms with van der Waals surface area (Å²) in [6, 6.07) is -0.0474. The monoisotopic (exact) mass is 286 g/mol. The van der Waals surface area contributed by atoms with E-state index in [4.69, 9.17) is 10.2 Å². The van der Waals surface area contributed by atoms with Gasteiger partial charge in [-0.3, -0.25) is 4.79 Å². The van der Waals surface area contributed by atoms with Crippen molar-refractivity contribution in [1.29, 1.82) is 0 Å². The minimum atomic E-state index is -0.781. The third kappa shape index (κ3) is 4.67. The van der Waals surface area contributed by atoms with E-state index < -0.39 is 5.97 Å². The lowest BCUT2D eigenvalue weighted by molar-refractivity contribution is -0.138. The van der Waals surface area contributed by atoms with E-state index in [0.29, 0.717) is 19.6 Å². The standard InChI is InChI=1S/C14H26N2O4/c1-3-15(7-8-17)14(20)16-6-4-5-12(10-16)11(2)9-13(18)19/h11-12,17H,3-10H2,1-2H3,(H,18,19). The van der Waals surface area contributed by atoms with E-state index in [-0.39, 0.29) is 30.9 Å². The summed E-state index contributed by atoms with van der Waals surface area (Å²) in [4.78, 5) is 26.6. The van der Waals surface area contributed by atoms with E-state index in [1.165, 1.54) is 0 Å². The summed E-state index contributed by atoms with van der Waals surface area (Å²) in [5, 5.41) is 17.8. The number of aliphatic hydroxyl groups is 1. The molecule has 1 rings (SSSR count). The van der Waals surface area contributed by atoms with E-state index in [1.54, 1.807) is 9.80 Å². The van der Waals surface area contributed by atoms with Gasteiger partial charge in [0.1, 0.15) is 0 Å². The zero-order valence-corrected chi connectivity index (χ0v) is 12.4.